The maximum absolute atomic E-state index is 12.7. The summed E-state index contributed by atoms with van der Waals surface area (Å²) in [7, 11) is 0. The molecule has 0 aliphatic rings. The van der Waals surface area contributed by atoms with Crippen molar-refractivity contribution in [3.05, 3.63) is 88.6 Å². The second-order valence-electron chi connectivity index (χ2n) is 7.54. The number of nitrogens with zero attached hydrogens (tertiary/aromatic N) is 5. The molecule has 0 aliphatic carbocycles. The van der Waals surface area contributed by atoms with Crippen molar-refractivity contribution in [1.29, 1.82) is 0 Å². The number of hydrogen-bond acceptors (Lipinski definition) is 5. The first-order valence-electron chi connectivity index (χ1n) is 10.0. The number of benzene rings is 1. The van der Waals surface area contributed by atoms with Crippen molar-refractivity contribution in [3.8, 4) is 11.5 Å². The molecular formula is C23H20F3N5O2. The van der Waals surface area contributed by atoms with E-state index in [0.717, 1.165) is 34.9 Å². The molecule has 1 aromatic carbocycles. The fourth-order valence-corrected chi connectivity index (χ4v) is 3.37. The number of ether oxygens (including phenoxy) is 1. The maximum atomic E-state index is 12.7. The highest BCUT2D eigenvalue weighted by molar-refractivity contribution is 5.90. The molecule has 10 heteroatoms. The molecule has 33 heavy (non-hydrogen) atoms. The number of pyridine rings is 1. The predicted octanol–water partition coefficient (Wildman–Crippen LogP) is 4.75. The van der Waals surface area contributed by atoms with Crippen LogP contribution < -0.4 is 0 Å². The third-order valence-electron chi connectivity index (χ3n) is 5.08. The Morgan fingerprint density at radius 3 is 2.30 bits per heavy atom. The van der Waals surface area contributed by atoms with Crippen LogP contribution in [-0.2, 0) is 17.5 Å². The fraction of sp³-hybridized carbons (Fsp3) is 0.217. The molecule has 0 aliphatic heterocycles. The molecule has 0 bridgehead atoms. The molecule has 4 aromatic rings. The van der Waals surface area contributed by atoms with E-state index in [2.05, 4.69) is 15.2 Å². The number of carbonyl (C=O) groups is 1. The summed E-state index contributed by atoms with van der Waals surface area (Å²) in [5, 5.41) is 8.51. The van der Waals surface area contributed by atoms with E-state index in [1.54, 1.807) is 6.92 Å². The SMILES string of the molecule is Cc1cc(C)n(-c2ccc(COC(=O)c3cnn(-c4ccc(C(F)(F)F)cn4)c3C)cc2)n1. The van der Waals surface area contributed by atoms with Gasteiger partial charge in [0.15, 0.2) is 5.82 Å². The Bertz CT molecular complexity index is 1290. The zero-order valence-corrected chi connectivity index (χ0v) is 18.1. The predicted molar refractivity (Wildman–Crippen MR) is 113 cm³/mol. The van der Waals surface area contributed by atoms with Crippen molar-refractivity contribution < 1.29 is 22.7 Å². The van der Waals surface area contributed by atoms with E-state index >= 15 is 0 Å². The number of alkyl halides is 3. The Balaban J connectivity index is 1.43. The zero-order chi connectivity index (χ0) is 23.8. The third-order valence-corrected chi connectivity index (χ3v) is 5.08. The molecule has 0 radical (unpaired) electrons. The number of halogens is 3. The molecule has 0 N–H and O–H groups in total. The molecule has 0 spiro atoms. The summed E-state index contributed by atoms with van der Waals surface area (Å²) in [6.07, 6.45) is -2.44. The van der Waals surface area contributed by atoms with Crippen molar-refractivity contribution in [1.82, 2.24) is 24.5 Å². The van der Waals surface area contributed by atoms with Crippen LogP contribution in [0.4, 0.5) is 13.2 Å². The van der Waals surface area contributed by atoms with Gasteiger partial charge in [0.2, 0.25) is 0 Å². The summed E-state index contributed by atoms with van der Waals surface area (Å²) in [5.74, 6) is -0.424. The minimum absolute atomic E-state index is 0.0549. The van der Waals surface area contributed by atoms with Crippen molar-refractivity contribution in [2.45, 2.75) is 33.6 Å². The molecule has 0 fully saturated rings. The van der Waals surface area contributed by atoms with Gasteiger partial charge in [-0.25, -0.2) is 19.1 Å². The van der Waals surface area contributed by atoms with E-state index < -0.39 is 17.7 Å². The minimum Gasteiger partial charge on any atom is -0.457 e. The van der Waals surface area contributed by atoms with E-state index in [4.69, 9.17) is 4.74 Å². The third kappa shape index (κ3) is 4.64. The highest BCUT2D eigenvalue weighted by atomic mass is 19.4. The van der Waals surface area contributed by atoms with E-state index in [0.29, 0.717) is 5.69 Å². The Labute approximate surface area is 187 Å². The zero-order valence-electron chi connectivity index (χ0n) is 18.1. The molecule has 0 atom stereocenters. The van der Waals surface area contributed by atoms with Gasteiger partial charge in [0.25, 0.3) is 0 Å². The number of esters is 1. The average molecular weight is 455 g/mol. The Morgan fingerprint density at radius 2 is 1.73 bits per heavy atom. The van der Waals surface area contributed by atoms with Gasteiger partial charge in [-0.05, 0) is 56.7 Å². The topological polar surface area (TPSA) is 74.8 Å². The number of hydrogen-bond donors (Lipinski definition) is 0. The van der Waals surface area contributed by atoms with Gasteiger partial charge in [-0.2, -0.15) is 23.4 Å². The number of rotatable bonds is 5. The summed E-state index contributed by atoms with van der Waals surface area (Å²) in [4.78, 5) is 16.4. The first-order valence-corrected chi connectivity index (χ1v) is 10.0. The van der Waals surface area contributed by atoms with E-state index in [1.165, 1.54) is 16.9 Å². The second-order valence-corrected chi connectivity index (χ2v) is 7.54. The standard InChI is InChI=1S/C23H20F3N5O2/c1-14-10-15(2)30(29-14)19-7-4-17(5-8-19)13-33-22(32)20-12-28-31(16(20)3)21-9-6-18(11-27-21)23(24,25)26/h4-12H,13H2,1-3H3. The average Bonchev–Trinajstić information content (AvgIpc) is 3.33. The van der Waals surface area contributed by atoms with Crippen LogP contribution in [-0.4, -0.2) is 30.5 Å². The lowest BCUT2D eigenvalue weighted by molar-refractivity contribution is -0.137. The van der Waals surface area contributed by atoms with Crippen molar-refractivity contribution >= 4 is 5.97 Å². The van der Waals surface area contributed by atoms with Gasteiger partial charge < -0.3 is 4.74 Å². The van der Waals surface area contributed by atoms with Crippen LogP contribution in [0.3, 0.4) is 0 Å². The summed E-state index contributed by atoms with van der Waals surface area (Å²) < 4.78 is 46.7. The summed E-state index contributed by atoms with van der Waals surface area (Å²) in [6, 6.07) is 11.6. The second kappa shape index (κ2) is 8.53. The Morgan fingerprint density at radius 1 is 1.00 bits per heavy atom. The lowest BCUT2D eigenvalue weighted by Crippen LogP contribution is -2.09. The molecule has 0 saturated heterocycles. The van der Waals surface area contributed by atoms with Gasteiger partial charge in [0.05, 0.1) is 28.8 Å². The molecule has 4 rings (SSSR count). The van der Waals surface area contributed by atoms with Crippen LogP contribution in [0.1, 0.15) is 38.6 Å². The van der Waals surface area contributed by atoms with Crippen molar-refractivity contribution in [3.63, 3.8) is 0 Å². The van der Waals surface area contributed by atoms with Crippen LogP contribution in [0.2, 0.25) is 0 Å². The van der Waals surface area contributed by atoms with Crippen molar-refractivity contribution in [2.75, 3.05) is 0 Å². The van der Waals surface area contributed by atoms with Crippen LogP contribution in [0.15, 0.2) is 54.9 Å². The lowest BCUT2D eigenvalue weighted by atomic mass is 10.2. The molecule has 7 nitrogen and oxygen atoms in total. The fourth-order valence-electron chi connectivity index (χ4n) is 3.37. The van der Waals surface area contributed by atoms with E-state index in [9.17, 15) is 18.0 Å². The van der Waals surface area contributed by atoms with Gasteiger partial charge in [-0.1, -0.05) is 12.1 Å². The first-order chi connectivity index (χ1) is 15.6. The van der Waals surface area contributed by atoms with E-state index in [-0.39, 0.29) is 18.0 Å². The smallest absolute Gasteiger partial charge is 0.417 e. The Hall–Kier alpha value is -3.95. The normalized spacial score (nSPS) is 11.6. The molecule has 0 unspecified atom stereocenters. The van der Waals surface area contributed by atoms with Crippen LogP contribution in [0.5, 0.6) is 0 Å². The largest absolute Gasteiger partial charge is 0.457 e. The number of aryl methyl sites for hydroxylation is 2. The van der Waals surface area contributed by atoms with E-state index in [1.807, 2.05) is 48.9 Å². The van der Waals surface area contributed by atoms with Crippen LogP contribution in [0.25, 0.3) is 11.5 Å². The molecule has 170 valence electrons. The Kier molecular flexibility index (Phi) is 5.75. The van der Waals surface area contributed by atoms with Gasteiger partial charge in [0.1, 0.15) is 12.2 Å². The highest BCUT2D eigenvalue weighted by Gasteiger charge is 2.31. The summed E-state index contributed by atoms with van der Waals surface area (Å²) >= 11 is 0. The minimum atomic E-state index is -4.48. The first kappa shape index (κ1) is 22.3. The molecule has 0 amide bonds. The molecular weight excluding hydrogens is 435 g/mol. The van der Waals surface area contributed by atoms with Gasteiger partial charge in [-0.3, -0.25) is 0 Å². The monoisotopic (exact) mass is 455 g/mol. The maximum Gasteiger partial charge on any atom is 0.417 e. The number of aromatic nitrogens is 5. The quantitative estimate of drug-likeness (QED) is 0.406. The van der Waals surface area contributed by atoms with Crippen LogP contribution >= 0.6 is 0 Å². The summed E-state index contributed by atoms with van der Waals surface area (Å²) in [5.41, 5.74) is 3.39. The van der Waals surface area contributed by atoms with Crippen molar-refractivity contribution in [2.24, 2.45) is 0 Å². The molecule has 0 saturated carbocycles. The van der Waals surface area contributed by atoms with Gasteiger partial charge >= 0.3 is 12.1 Å². The highest BCUT2D eigenvalue weighted by Crippen LogP contribution is 2.29. The van der Waals surface area contributed by atoms with Gasteiger partial charge in [-0.15, -0.1) is 0 Å². The molecule has 3 heterocycles. The molecule has 3 aromatic heterocycles. The van der Waals surface area contributed by atoms with Gasteiger partial charge in [0, 0.05) is 11.9 Å². The number of carbonyl (C=O) groups excluding carboxylic acids is 1. The lowest BCUT2D eigenvalue weighted by Gasteiger charge is -2.09. The van der Waals surface area contributed by atoms with Crippen LogP contribution in [0, 0.1) is 20.8 Å². The summed E-state index contributed by atoms with van der Waals surface area (Å²) in [6.45, 7) is 5.57.